The number of halogens is 2. The van der Waals surface area contributed by atoms with E-state index in [1.165, 1.54) is 18.3 Å². The second-order valence-corrected chi connectivity index (χ2v) is 4.82. The van der Waals surface area contributed by atoms with Crippen molar-refractivity contribution in [2.24, 2.45) is 0 Å². The molecule has 4 heteroatoms. The summed E-state index contributed by atoms with van der Waals surface area (Å²) in [6, 6.07) is 9.97. The molecule has 0 fully saturated rings. The van der Waals surface area contributed by atoms with Crippen LogP contribution >= 0.6 is 15.9 Å². The predicted octanol–water partition coefficient (Wildman–Crippen LogP) is 4.64. The minimum atomic E-state index is -0.264. The molecule has 0 aliphatic rings. The Labute approximate surface area is 113 Å². The molecule has 2 aromatic rings. The molecule has 0 aromatic heterocycles. The van der Waals surface area contributed by atoms with Crippen molar-refractivity contribution in [1.82, 2.24) is 0 Å². The van der Waals surface area contributed by atoms with E-state index in [-0.39, 0.29) is 5.82 Å². The summed E-state index contributed by atoms with van der Waals surface area (Å²) in [5.41, 5.74) is 3.47. The van der Waals surface area contributed by atoms with Crippen LogP contribution in [0.2, 0.25) is 0 Å². The van der Waals surface area contributed by atoms with Crippen molar-refractivity contribution in [1.29, 1.82) is 5.41 Å². The fourth-order valence-electron chi connectivity index (χ4n) is 1.61. The number of aryl methyl sites for hydroxylation is 1. The van der Waals surface area contributed by atoms with E-state index < -0.39 is 0 Å². The Hall–Kier alpha value is -1.68. The smallest absolute Gasteiger partial charge is 0.123 e. The van der Waals surface area contributed by atoms with Crippen LogP contribution in [-0.4, -0.2) is 6.21 Å². The average Bonchev–Trinajstić information content (AvgIpc) is 2.36. The summed E-state index contributed by atoms with van der Waals surface area (Å²) in [5.74, 6) is -0.264. The summed E-state index contributed by atoms with van der Waals surface area (Å²) in [6.07, 6.45) is 1.29. The van der Waals surface area contributed by atoms with Gasteiger partial charge in [-0.1, -0.05) is 15.9 Å². The highest BCUT2D eigenvalue weighted by molar-refractivity contribution is 9.10. The maximum atomic E-state index is 12.8. The SMILES string of the molecule is Cc1cc(Nc2ccc(F)cc2)c(C=N)cc1Br. The van der Waals surface area contributed by atoms with Crippen LogP contribution < -0.4 is 5.32 Å². The summed E-state index contributed by atoms with van der Waals surface area (Å²) in [5, 5.41) is 10.6. The van der Waals surface area contributed by atoms with Gasteiger partial charge in [-0.15, -0.1) is 0 Å². The lowest BCUT2D eigenvalue weighted by Gasteiger charge is -2.11. The third kappa shape index (κ3) is 2.76. The highest BCUT2D eigenvalue weighted by Gasteiger charge is 2.05. The van der Waals surface area contributed by atoms with E-state index in [2.05, 4.69) is 21.2 Å². The van der Waals surface area contributed by atoms with Crippen LogP contribution in [0.3, 0.4) is 0 Å². The molecule has 0 unspecified atom stereocenters. The lowest BCUT2D eigenvalue weighted by molar-refractivity contribution is 0.628. The van der Waals surface area contributed by atoms with Crippen molar-refractivity contribution >= 4 is 33.5 Å². The van der Waals surface area contributed by atoms with E-state index in [1.54, 1.807) is 12.1 Å². The number of benzene rings is 2. The Balaban J connectivity index is 2.36. The van der Waals surface area contributed by atoms with Crippen LogP contribution in [0, 0.1) is 18.2 Å². The van der Waals surface area contributed by atoms with Gasteiger partial charge in [0, 0.05) is 27.6 Å². The summed E-state index contributed by atoms with van der Waals surface area (Å²) in [4.78, 5) is 0. The first-order chi connectivity index (χ1) is 8.60. The Kier molecular flexibility index (Phi) is 3.77. The van der Waals surface area contributed by atoms with Crippen LogP contribution in [0.1, 0.15) is 11.1 Å². The summed E-state index contributed by atoms with van der Waals surface area (Å²) in [6.45, 7) is 1.98. The van der Waals surface area contributed by atoms with Crippen LogP contribution in [0.5, 0.6) is 0 Å². The first-order valence-electron chi connectivity index (χ1n) is 5.43. The molecule has 92 valence electrons. The predicted molar refractivity (Wildman–Crippen MR) is 76.4 cm³/mol. The number of nitrogens with one attached hydrogen (secondary N) is 2. The van der Waals surface area contributed by atoms with Crippen LogP contribution in [0.4, 0.5) is 15.8 Å². The number of rotatable bonds is 3. The van der Waals surface area contributed by atoms with Gasteiger partial charge in [0.05, 0.1) is 0 Å². The molecule has 18 heavy (non-hydrogen) atoms. The van der Waals surface area contributed by atoms with Crippen molar-refractivity contribution in [3.05, 3.63) is 57.8 Å². The number of hydrogen-bond acceptors (Lipinski definition) is 2. The number of anilines is 2. The fraction of sp³-hybridized carbons (Fsp3) is 0.0714. The molecule has 2 rings (SSSR count). The minimum absolute atomic E-state index is 0.264. The Morgan fingerprint density at radius 3 is 2.50 bits per heavy atom. The molecular formula is C14H12BrFN2. The lowest BCUT2D eigenvalue weighted by Crippen LogP contribution is -1.96. The quantitative estimate of drug-likeness (QED) is 0.796. The largest absolute Gasteiger partial charge is 0.355 e. The lowest BCUT2D eigenvalue weighted by atomic mass is 10.1. The van der Waals surface area contributed by atoms with E-state index >= 15 is 0 Å². The molecule has 2 N–H and O–H groups in total. The third-order valence-corrected chi connectivity index (χ3v) is 3.46. The second kappa shape index (κ2) is 5.31. The molecule has 0 bridgehead atoms. The maximum Gasteiger partial charge on any atom is 0.123 e. The van der Waals surface area contributed by atoms with Gasteiger partial charge in [-0.3, -0.25) is 0 Å². The fourth-order valence-corrected chi connectivity index (χ4v) is 1.97. The van der Waals surface area contributed by atoms with Crippen molar-refractivity contribution in [2.75, 3.05) is 5.32 Å². The van der Waals surface area contributed by atoms with Crippen molar-refractivity contribution < 1.29 is 4.39 Å². The summed E-state index contributed by atoms with van der Waals surface area (Å²) >= 11 is 3.44. The third-order valence-electron chi connectivity index (χ3n) is 2.61. The molecule has 0 aliphatic heterocycles. The topological polar surface area (TPSA) is 35.9 Å². The molecule has 0 aliphatic carbocycles. The van der Waals surface area contributed by atoms with Gasteiger partial charge in [-0.2, -0.15) is 0 Å². The van der Waals surface area contributed by atoms with E-state index in [9.17, 15) is 4.39 Å². The van der Waals surface area contributed by atoms with Gasteiger partial charge in [0.25, 0.3) is 0 Å². The molecule has 2 aromatic carbocycles. The molecule has 0 saturated heterocycles. The van der Waals surface area contributed by atoms with Crippen LogP contribution in [0.15, 0.2) is 40.9 Å². The highest BCUT2D eigenvalue weighted by Crippen LogP contribution is 2.26. The monoisotopic (exact) mass is 306 g/mol. The molecular weight excluding hydrogens is 295 g/mol. The van der Waals surface area contributed by atoms with E-state index in [1.807, 2.05) is 19.1 Å². The van der Waals surface area contributed by atoms with Gasteiger partial charge in [-0.25, -0.2) is 4.39 Å². The Bertz CT molecular complexity index is 579. The molecule has 2 nitrogen and oxygen atoms in total. The zero-order valence-corrected chi connectivity index (χ0v) is 11.4. The van der Waals surface area contributed by atoms with Gasteiger partial charge in [0.1, 0.15) is 5.82 Å². The normalized spacial score (nSPS) is 10.2. The Morgan fingerprint density at radius 1 is 1.22 bits per heavy atom. The van der Waals surface area contributed by atoms with Gasteiger partial charge in [0.2, 0.25) is 0 Å². The van der Waals surface area contributed by atoms with E-state index in [4.69, 9.17) is 5.41 Å². The molecule has 0 atom stereocenters. The molecule has 0 radical (unpaired) electrons. The van der Waals surface area contributed by atoms with Crippen molar-refractivity contribution in [3.63, 3.8) is 0 Å². The summed E-state index contributed by atoms with van der Waals surface area (Å²) < 4.78 is 13.8. The second-order valence-electron chi connectivity index (χ2n) is 3.96. The molecule has 0 spiro atoms. The molecule has 0 heterocycles. The number of hydrogen-bond donors (Lipinski definition) is 2. The van der Waals surface area contributed by atoms with Crippen molar-refractivity contribution in [3.8, 4) is 0 Å². The Morgan fingerprint density at radius 2 is 1.89 bits per heavy atom. The van der Waals surface area contributed by atoms with Crippen molar-refractivity contribution in [2.45, 2.75) is 6.92 Å². The maximum absolute atomic E-state index is 12.8. The minimum Gasteiger partial charge on any atom is -0.355 e. The highest BCUT2D eigenvalue weighted by atomic mass is 79.9. The van der Waals surface area contributed by atoms with E-state index in [0.29, 0.717) is 0 Å². The van der Waals surface area contributed by atoms with Gasteiger partial charge < -0.3 is 10.7 Å². The summed E-state index contributed by atoms with van der Waals surface area (Å²) in [7, 11) is 0. The van der Waals surface area contributed by atoms with Gasteiger partial charge in [-0.05, 0) is 48.9 Å². The first-order valence-corrected chi connectivity index (χ1v) is 6.22. The zero-order valence-electron chi connectivity index (χ0n) is 9.80. The van der Waals surface area contributed by atoms with Gasteiger partial charge in [0.15, 0.2) is 0 Å². The van der Waals surface area contributed by atoms with Gasteiger partial charge >= 0.3 is 0 Å². The van der Waals surface area contributed by atoms with E-state index in [0.717, 1.165) is 27.0 Å². The zero-order chi connectivity index (χ0) is 13.1. The standard InChI is InChI=1S/C14H12BrFN2/c1-9-6-14(10(8-17)7-13(9)15)18-12-4-2-11(16)3-5-12/h2-8,17-18H,1H3. The first kappa shape index (κ1) is 12.8. The average molecular weight is 307 g/mol. The van der Waals surface area contributed by atoms with Crippen LogP contribution in [0.25, 0.3) is 0 Å². The molecule has 0 amide bonds. The van der Waals surface area contributed by atoms with Crippen LogP contribution in [-0.2, 0) is 0 Å². The molecule has 0 saturated carbocycles.